The highest BCUT2D eigenvalue weighted by Gasteiger charge is 2.33. The maximum atomic E-state index is 12.4. The van der Waals surface area contributed by atoms with Crippen LogP contribution in [0.1, 0.15) is 72.6 Å². The molecule has 0 saturated carbocycles. The molecule has 0 spiro atoms. The number of hydrogen-bond donors (Lipinski definition) is 1. The molecule has 1 N–H and O–H groups in total. The Labute approximate surface area is 149 Å². The van der Waals surface area contributed by atoms with Gasteiger partial charge in [0.2, 0.25) is 0 Å². The molecule has 0 bridgehead atoms. The van der Waals surface area contributed by atoms with Gasteiger partial charge in [-0.25, -0.2) is 0 Å². The Morgan fingerprint density at radius 2 is 1.75 bits per heavy atom. The maximum absolute atomic E-state index is 12.4. The Morgan fingerprint density at radius 1 is 1.17 bits per heavy atom. The van der Waals surface area contributed by atoms with Crippen molar-refractivity contribution in [1.82, 2.24) is 4.72 Å². The second-order valence-corrected chi connectivity index (χ2v) is 9.92. The van der Waals surface area contributed by atoms with Crippen molar-refractivity contribution in [3.05, 3.63) is 35.4 Å². The summed E-state index contributed by atoms with van der Waals surface area (Å²) in [5, 5.41) is 0. The van der Waals surface area contributed by atoms with E-state index in [1.54, 1.807) is 0 Å². The van der Waals surface area contributed by atoms with Crippen LogP contribution < -0.4 is 4.72 Å². The molecule has 136 valence electrons. The van der Waals surface area contributed by atoms with Gasteiger partial charge in [0.25, 0.3) is 0 Å². The van der Waals surface area contributed by atoms with E-state index in [0.717, 1.165) is 11.1 Å². The number of carbonyl (C=O) groups is 1. The molecule has 1 rings (SSSR count). The molecular weight excluding hydrogens is 322 g/mol. The van der Waals surface area contributed by atoms with Crippen LogP contribution in [0.3, 0.4) is 0 Å². The van der Waals surface area contributed by atoms with Gasteiger partial charge in [-0.3, -0.25) is 4.79 Å². The number of rotatable bonds is 6. The van der Waals surface area contributed by atoms with Crippen molar-refractivity contribution in [2.24, 2.45) is 0 Å². The molecule has 0 aliphatic heterocycles. The number of nitrogens with one attached hydrogen (secondary N) is 1. The normalized spacial score (nSPS) is 15.2. The Kier molecular flexibility index (Phi) is 6.91. The first kappa shape index (κ1) is 21.0. The number of carbonyl (C=O) groups excluding carboxylic acids is 1. The highest BCUT2D eigenvalue weighted by atomic mass is 32.2. The summed E-state index contributed by atoms with van der Waals surface area (Å²) in [6, 6.07) is 7.73. The molecular formula is C19H31NO3S. The summed E-state index contributed by atoms with van der Waals surface area (Å²) in [6.45, 7) is 15.2. The van der Waals surface area contributed by atoms with Crippen molar-refractivity contribution in [3.63, 3.8) is 0 Å². The van der Waals surface area contributed by atoms with E-state index >= 15 is 0 Å². The van der Waals surface area contributed by atoms with E-state index < -0.39 is 16.8 Å². The molecule has 0 fully saturated rings. The Hall–Kier alpha value is -1.04. The third-order valence-electron chi connectivity index (χ3n) is 3.80. The van der Waals surface area contributed by atoms with Crippen molar-refractivity contribution in [1.29, 1.82) is 0 Å². The molecule has 0 unspecified atom stereocenters. The minimum Gasteiger partial charge on any atom is -0.598 e. The van der Waals surface area contributed by atoms with Crippen LogP contribution in [0.15, 0.2) is 24.3 Å². The van der Waals surface area contributed by atoms with Crippen molar-refractivity contribution >= 4 is 17.3 Å². The minimum atomic E-state index is -1.15. The lowest BCUT2D eigenvalue weighted by molar-refractivity contribution is -0.153. The Morgan fingerprint density at radius 3 is 2.25 bits per heavy atom. The van der Waals surface area contributed by atoms with Gasteiger partial charge >= 0.3 is 5.97 Å². The van der Waals surface area contributed by atoms with Gasteiger partial charge in [-0.15, -0.1) is 4.72 Å². The van der Waals surface area contributed by atoms with Gasteiger partial charge in [0.1, 0.15) is 4.75 Å². The number of hydrogen-bond acceptors (Lipinski definition) is 4. The summed E-state index contributed by atoms with van der Waals surface area (Å²) >= 11 is -1.15. The smallest absolute Gasteiger partial charge is 0.316 e. The number of benzene rings is 1. The summed E-state index contributed by atoms with van der Waals surface area (Å²) in [5.74, 6) is -0.242. The topological polar surface area (TPSA) is 61.4 Å². The highest BCUT2D eigenvalue weighted by molar-refractivity contribution is 7.90. The van der Waals surface area contributed by atoms with Crippen LogP contribution in [0.2, 0.25) is 0 Å². The van der Waals surface area contributed by atoms with Crippen LogP contribution in [0.5, 0.6) is 0 Å². The third-order valence-corrected chi connectivity index (χ3v) is 5.48. The zero-order valence-corrected chi connectivity index (χ0v) is 16.9. The standard InChI is InChI=1S/C19H31NO3S/c1-13(2)23-17(21)19(7,8)16-11-9-10-15(12-16)14(3)20-24(22)18(4,5)6/h9-14,20H,1-8H3/t14-,24+/m0/s1. The summed E-state index contributed by atoms with van der Waals surface area (Å²) in [6.07, 6.45) is -0.144. The first-order chi connectivity index (χ1) is 10.9. The van der Waals surface area contributed by atoms with Gasteiger partial charge in [0.15, 0.2) is 0 Å². The van der Waals surface area contributed by atoms with Crippen LogP contribution in [-0.2, 0) is 26.3 Å². The second-order valence-electron chi connectivity index (χ2n) is 7.93. The van der Waals surface area contributed by atoms with Gasteiger partial charge in [0, 0.05) is 11.4 Å². The van der Waals surface area contributed by atoms with Crippen molar-refractivity contribution in [3.8, 4) is 0 Å². The average Bonchev–Trinajstić information content (AvgIpc) is 2.45. The fraction of sp³-hybridized carbons (Fsp3) is 0.632. The summed E-state index contributed by atoms with van der Waals surface area (Å²) < 4.78 is 20.5. The van der Waals surface area contributed by atoms with Gasteiger partial charge in [-0.2, -0.15) is 0 Å². The van der Waals surface area contributed by atoms with E-state index in [-0.39, 0.29) is 22.9 Å². The molecule has 0 amide bonds. The Bertz CT molecular complexity index is 564. The molecule has 0 aliphatic rings. The first-order valence-corrected chi connectivity index (χ1v) is 9.50. The fourth-order valence-corrected chi connectivity index (χ4v) is 2.89. The molecule has 1 aromatic carbocycles. The number of esters is 1. The number of ether oxygens (including phenoxy) is 1. The Balaban J connectivity index is 2.99. The van der Waals surface area contributed by atoms with Gasteiger partial charge in [-0.1, -0.05) is 24.3 Å². The van der Waals surface area contributed by atoms with Crippen LogP contribution in [0, 0.1) is 0 Å². The van der Waals surface area contributed by atoms with Crippen LogP contribution >= 0.6 is 0 Å². The van der Waals surface area contributed by atoms with Crippen molar-refractivity contribution < 1.29 is 14.1 Å². The SMILES string of the molecule is CC(C)OC(=O)C(C)(C)c1cccc([C@H](C)N[S@+]([O-])C(C)(C)C)c1. The van der Waals surface area contributed by atoms with E-state index in [1.807, 2.05) is 79.7 Å². The van der Waals surface area contributed by atoms with Crippen LogP contribution in [-0.4, -0.2) is 21.4 Å². The summed E-state index contributed by atoms with van der Waals surface area (Å²) in [4.78, 5) is 12.4. The lowest BCUT2D eigenvalue weighted by atomic mass is 9.83. The fourth-order valence-electron chi connectivity index (χ4n) is 2.08. The largest absolute Gasteiger partial charge is 0.598 e. The van der Waals surface area contributed by atoms with E-state index in [4.69, 9.17) is 4.74 Å². The zero-order valence-electron chi connectivity index (χ0n) is 16.1. The first-order valence-electron chi connectivity index (χ1n) is 8.35. The van der Waals surface area contributed by atoms with Crippen molar-refractivity contribution in [2.45, 2.75) is 77.7 Å². The average molecular weight is 354 g/mol. The lowest BCUT2D eigenvalue weighted by Crippen LogP contribution is -2.40. The predicted molar refractivity (Wildman–Crippen MR) is 100 cm³/mol. The van der Waals surface area contributed by atoms with E-state index in [9.17, 15) is 9.35 Å². The molecule has 0 saturated heterocycles. The second kappa shape index (κ2) is 7.89. The van der Waals surface area contributed by atoms with E-state index in [1.165, 1.54) is 0 Å². The maximum Gasteiger partial charge on any atom is 0.316 e. The van der Waals surface area contributed by atoms with Gasteiger partial charge in [0.05, 0.1) is 17.6 Å². The van der Waals surface area contributed by atoms with Gasteiger partial charge in [-0.05, 0) is 66.5 Å². The van der Waals surface area contributed by atoms with Crippen LogP contribution in [0.25, 0.3) is 0 Å². The molecule has 2 atom stereocenters. The molecule has 24 heavy (non-hydrogen) atoms. The molecule has 5 heteroatoms. The molecule has 0 aliphatic carbocycles. The van der Waals surface area contributed by atoms with E-state index in [2.05, 4.69) is 4.72 Å². The van der Waals surface area contributed by atoms with Crippen molar-refractivity contribution in [2.75, 3.05) is 0 Å². The minimum absolute atomic E-state index is 0.0815. The third kappa shape index (κ3) is 5.50. The molecule has 0 radical (unpaired) electrons. The zero-order chi connectivity index (χ0) is 18.7. The highest BCUT2D eigenvalue weighted by Crippen LogP contribution is 2.28. The summed E-state index contributed by atoms with van der Waals surface area (Å²) in [5.41, 5.74) is 1.15. The quantitative estimate of drug-likeness (QED) is 0.619. The van der Waals surface area contributed by atoms with E-state index in [0.29, 0.717) is 0 Å². The molecule has 0 aromatic heterocycles. The lowest BCUT2D eigenvalue weighted by Gasteiger charge is -2.28. The van der Waals surface area contributed by atoms with Crippen LogP contribution in [0.4, 0.5) is 0 Å². The summed E-state index contributed by atoms with van der Waals surface area (Å²) in [7, 11) is 0. The molecule has 1 aromatic rings. The molecule has 4 nitrogen and oxygen atoms in total. The monoisotopic (exact) mass is 353 g/mol. The molecule has 0 heterocycles. The predicted octanol–water partition coefficient (Wildman–Crippen LogP) is 4.03. The van der Waals surface area contributed by atoms with Gasteiger partial charge < -0.3 is 9.29 Å².